The Morgan fingerprint density at radius 3 is 2.68 bits per heavy atom. The fourth-order valence-corrected chi connectivity index (χ4v) is 4.05. The normalized spacial score (nSPS) is 19.0. The van der Waals surface area contributed by atoms with Crippen molar-refractivity contribution < 1.29 is 4.79 Å². The third kappa shape index (κ3) is 4.44. The second-order valence-corrected chi connectivity index (χ2v) is 7.83. The van der Waals surface area contributed by atoms with Crippen LogP contribution in [0.5, 0.6) is 0 Å². The number of H-pyrrole nitrogens is 1. The largest absolute Gasteiger partial charge is 0.353 e. The Kier molecular flexibility index (Phi) is 5.08. The van der Waals surface area contributed by atoms with Crippen molar-refractivity contribution in [1.82, 2.24) is 20.2 Å². The fraction of sp³-hybridized carbons (Fsp3) is 0.474. The maximum atomic E-state index is 12.2. The van der Waals surface area contributed by atoms with Gasteiger partial charge in [-0.05, 0) is 31.2 Å². The van der Waals surface area contributed by atoms with Crippen LogP contribution in [0.15, 0.2) is 41.7 Å². The molecule has 5 nitrogen and oxygen atoms in total. The summed E-state index contributed by atoms with van der Waals surface area (Å²) >= 11 is 1.46. The minimum atomic E-state index is 0.104. The summed E-state index contributed by atoms with van der Waals surface area (Å²) in [5.74, 6) is 0.512. The van der Waals surface area contributed by atoms with Crippen molar-refractivity contribution in [2.24, 2.45) is 0 Å². The standard InChI is InChI=1S/C19H24N4OS/c24-18(21-15-8-10-23(11-9-15)16-6-7-16)13-25-19-20-12-17(22-19)14-4-2-1-3-5-14/h1-5,12,15-16H,6-11,13H2,(H,20,22)(H,21,24). The molecule has 0 unspecified atom stereocenters. The molecule has 2 aliphatic rings. The van der Waals surface area contributed by atoms with E-state index in [1.165, 1.54) is 24.6 Å². The van der Waals surface area contributed by atoms with Crippen LogP contribution in [0.1, 0.15) is 25.7 Å². The third-order valence-electron chi connectivity index (χ3n) is 4.94. The minimum absolute atomic E-state index is 0.104. The monoisotopic (exact) mass is 356 g/mol. The van der Waals surface area contributed by atoms with Gasteiger partial charge in [0.15, 0.2) is 5.16 Å². The van der Waals surface area contributed by atoms with E-state index in [1.54, 1.807) is 0 Å². The maximum absolute atomic E-state index is 12.2. The number of hydrogen-bond donors (Lipinski definition) is 2. The molecule has 1 aliphatic carbocycles. The number of aromatic amines is 1. The number of aromatic nitrogens is 2. The molecule has 1 aromatic carbocycles. The molecule has 1 amide bonds. The first kappa shape index (κ1) is 16.7. The number of benzene rings is 1. The Hall–Kier alpha value is -1.79. The quantitative estimate of drug-likeness (QED) is 0.782. The molecule has 25 heavy (non-hydrogen) atoms. The van der Waals surface area contributed by atoms with Gasteiger partial charge in [0.25, 0.3) is 0 Å². The van der Waals surface area contributed by atoms with Gasteiger partial charge in [-0.25, -0.2) is 4.98 Å². The average Bonchev–Trinajstić information content (AvgIpc) is 3.39. The van der Waals surface area contributed by atoms with Crippen molar-refractivity contribution in [2.75, 3.05) is 18.8 Å². The maximum Gasteiger partial charge on any atom is 0.230 e. The molecule has 4 rings (SSSR count). The Labute approximate surface area is 152 Å². The van der Waals surface area contributed by atoms with Crippen molar-refractivity contribution in [2.45, 2.75) is 42.9 Å². The van der Waals surface area contributed by atoms with Crippen molar-refractivity contribution in [1.29, 1.82) is 0 Å². The highest BCUT2D eigenvalue weighted by atomic mass is 32.2. The number of nitrogens with zero attached hydrogens (tertiary/aromatic N) is 2. The summed E-state index contributed by atoms with van der Waals surface area (Å²) in [6.07, 6.45) is 6.70. The van der Waals surface area contributed by atoms with Crippen LogP contribution in [-0.2, 0) is 4.79 Å². The number of rotatable bonds is 6. The summed E-state index contributed by atoms with van der Waals surface area (Å²) in [5, 5.41) is 3.97. The number of piperidine rings is 1. The molecular formula is C19H24N4OS. The van der Waals surface area contributed by atoms with Gasteiger partial charge in [-0.3, -0.25) is 4.79 Å². The van der Waals surface area contributed by atoms with Gasteiger partial charge in [0, 0.05) is 25.2 Å². The van der Waals surface area contributed by atoms with Crippen LogP contribution < -0.4 is 5.32 Å². The SMILES string of the molecule is O=C(CSc1ncc(-c2ccccc2)[nH]1)NC1CCN(C2CC2)CC1. The van der Waals surface area contributed by atoms with Gasteiger partial charge in [-0.1, -0.05) is 42.1 Å². The van der Waals surface area contributed by atoms with E-state index in [-0.39, 0.29) is 5.91 Å². The van der Waals surface area contributed by atoms with Crippen LogP contribution in [0.3, 0.4) is 0 Å². The number of carbonyl (C=O) groups excluding carboxylic acids is 1. The lowest BCUT2D eigenvalue weighted by atomic mass is 10.1. The summed E-state index contributed by atoms with van der Waals surface area (Å²) in [6.45, 7) is 2.25. The Morgan fingerprint density at radius 1 is 1.20 bits per heavy atom. The second kappa shape index (κ2) is 7.62. The van der Waals surface area contributed by atoms with E-state index in [0.717, 1.165) is 48.4 Å². The van der Waals surface area contributed by atoms with Gasteiger partial charge >= 0.3 is 0 Å². The first-order valence-electron chi connectivity index (χ1n) is 9.04. The van der Waals surface area contributed by atoms with Crippen molar-refractivity contribution in [3.63, 3.8) is 0 Å². The van der Waals surface area contributed by atoms with Crippen LogP contribution in [0, 0.1) is 0 Å². The second-order valence-electron chi connectivity index (χ2n) is 6.87. The highest BCUT2D eigenvalue weighted by Crippen LogP contribution is 2.29. The van der Waals surface area contributed by atoms with Crippen LogP contribution in [-0.4, -0.2) is 51.7 Å². The third-order valence-corrected chi connectivity index (χ3v) is 5.82. The molecule has 2 aromatic rings. The summed E-state index contributed by atoms with van der Waals surface area (Å²) in [4.78, 5) is 22.4. The molecule has 1 aliphatic heterocycles. The molecule has 0 spiro atoms. The van der Waals surface area contributed by atoms with Gasteiger partial charge < -0.3 is 15.2 Å². The highest BCUT2D eigenvalue weighted by Gasteiger charge is 2.32. The zero-order chi connectivity index (χ0) is 17.1. The molecule has 2 N–H and O–H groups in total. The molecule has 6 heteroatoms. The minimum Gasteiger partial charge on any atom is -0.353 e. The first-order valence-corrected chi connectivity index (χ1v) is 10.0. The number of likely N-dealkylation sites (tertiary alicyclic amines) is 1. The fourth-order valence-electron chi connectivity index (χ4n) is 3.39. The number of carbonyl (C=O) groups is 1. The summed E-state index contributed by atoms with van der Waals surface area (Å²) < 4.78 is 0. The molecule has 0 radical (unpaired) electrons. The smallest absolute Gasteiger partial charge is 0.230 e. The van der Waals surface area contributed by atoms with Crippen molar-refractivity contribution >= 4 is 17.7 Å². The summed E-state index contributed by atoms with van der Waals surface area (Å²) in [7, 11) is 0. The summed E-state index contributed by atoms with van der Waals surface area (Å²) in [5.41, 5.74) is 2.09. The zero-order valence-corrected chi connectivity index (χ0v) is 15.1. The van der Waals surface area contributed by atoms with Crippen LogP contribution in [0.4, 0.5) is 0 Å². The lowest BCUT2D eigenvalue weighted by Gasteiger charge is -2.32. The molecule has 2 fully saturated rings. The molecule has 132 valence electrons. The molecule has 2 heterocycles. The van der Waals surface area contributed by atoms with Gasteiger partial charge in [0.1, 0.15) is 0 Å². The van der Waals surface area contributed by atoms with E-state index < -0.39 is 0 Å². The van der Waals surface area contributed by atoms with Gasteiger partial charge in [-0.15, -0.1) is 0 Å². The number of amides is 1. The first-order chi connectivity index (χ1) is 12.3. The predicted octanol–water partition coefficient (Wildman–Crippen LogP) is 2.91. The molecule has 0 bridgehead atoms. The lowest BCUT2D eigenvalue weighted by Crippen LogP contribution is -2.45. The van der Waals surface area contributed by atoms with Crippen molar-refractivity contribution in [3.05, 3.63) is 36.5 Å². The molecule has 0 atom stereocenters. The number of thioether (sulfide) groups is 1. The predicted molar refractivity (Wildman–Crippen MR) is 101 cm³/mol. The van der Waals surface area contributed by atoms with E-state index in [0.29, 0.717) is 11.8 Å². The van der Waals surface area contributed by atoms with E-state index >= 15 is 0 Å². The van der Waals surface area contributed by atoms with Gasteiger partial charge in [0.2, 0.25) is 5.91 Å². The van der Waals surface area contributed by atoms with Crippen LogP contribution >= 0.6 is 11.8 Å². The van der Waals surface area contributed by atoms with Gasteiger partial charge in [0.05, 0.1) is 17.6 Å². The van der Waals surface area contributed by atoms with Crippen LogP contribution in [0.25, 0.3) is 11.3 Å². The van der Waals surface area contributed by atoms with E-state index in [1.807, 2.05) is 36.5 Å². The molecular weight excluding hydrogens is 332 g/mol. The Bertz CT molecular complexity index is 705. The zero-order valence-electron chi connectivity index (χ0n) is 14.3. The van der Waals surface area contributed by atoms with E-state index in [9.17, 15) is 4.79 Å². The topological polar surface area (TPSA) is 61.0 Å². The Morgan fingerprint density at radius 2 is 1.96 bits per heavy atom. The Balaban J connectivity index is 1.22. The molecule has 1 saturated carbocycles. The van der Waals surface area contributed by atoms with Crippen LogP contribution in [0.2, 0.25) is 0 Å². The lowest BCUT2D eigenvalue weighted by molar-refractivity contribution is -0.119. The summed E-state index contributed by atoms with van der Waals surface area (Å²) in [6, 6.07) is 11.3. The average molecular weight is 356 g/mol. The highest BCUT2D eigenvalue weighted by molar-refractivity contribution is 7.99. The number of nitrogens with one attached hydrogen (secondary N) is 2. The van der Waals surface area contributed by atoms with E-state index in [2.05, 4.69) is 20.2 Å². The number of hydrogen-bond acceptors (Lipinski definition) is 4. The van der Waals surface area contributed by atoms with Crippen molar-refractivity contribution in [3.8, 4) is 11.3 Å². The molecule has 1 saturated heterocycles. The van der Waals surface area contributed by atoms with E-state index in [4.69, 9.17) is 0 Å². The number of imidazole rings is 1. The van der Waals surface area contributed by atoms with Gasteiger partial charge in [-0.2, -0.15) is 0 Å². The molecule has 1 aromatic heterocycles.